The van der Waals surface area contributed by atoms with Crippen LogP contribution in [-0.2, 0) is 0 Å². The zero-order valence-electron chi connectivity index (χ0n) is 9.79. The van der Waals surface area contributed by atoms with Crippen LogP contribution in [0.5, 0.6) is 0 Å². The molecule has 134 valence electrons. The van der Waals surface area contributed by atoms with Crippen molar-refractivity contribution in [3.63, 3.8) is 0 Å². The minimum Gasteiger partial charge on any atom is -0.198 e. The van der Waals surface area contributed by atoms with Gasteiger partial charge in [-0.3, -0.25) is 0 Å². The highest BCUT2D eigenvalue weighted by molar-refractivity contribution is 5.31. The summed E-state index contributed by atoms with van der Waals surface area (Å²) in [5.74, 6) is -29.2. The predicted octanol–water partition coefficient (Wildman–Crippen LogP) is 5.17. The number of hydrogen-bond acceptors (Lipinski definition) is 0. The predicted molar refractivity (Wildman–Crippen MR) is 44.0 cm³/mol. The van der Waals surface area contributed by atoms with Crippen LogP contribution in [-0.4, -0.2) is 30.1 Å². The average molecular weight is 374 g/mol. The summed E-state index contributed by atoms with van der Waals surface area (Å²) in [6.45, 7) is 0. The van der Waals surface area contributed by atoms with E-state index in [2.05, 4.69) is 0 Å². The largest absolute Gasteiger partial charge is 0.460 e. The molecule has 0 rings (SSSR count). The lowest BCUT2D eigenvalue weighted by atomic mass is 10.0. The van der Waals surface area contributed by atoms with Gasteiger partial charge >= 0.3 is 30.1 Å². The van der Waals surface area contributed by atoms with E-state index >= 15 is 0 Å². The van der Waals surface area contributed by atoms with Gasteiger partial charge in [0.15, 0.2) is 0 Å². The first-order valence-electron chi connectivity index (χ1n) is 4.65. The summed E-state index contributed by atoms with van der Waals surface area (Å²) in [6, 6.07) is 0. The van der Waals surface area contributed by atoms with Gasteiger partial charge in [0, 0.05) is 0 Å². The van der Waals surface area contributed by atoms with Gasteiger partial charge in [-0.2, -0.15) is 61.5 Å². The molecule has 0 aliphatic heterocycles. The van der Waals surface area contributed by atoms with E-state index in [9.17, 15) is 61.5 Å². The molecule has 0 amide bonds. The van der Waals surface area contributed by atoms with Crippen LogP contribution in [0.2, 0.25) is 0 Å². The molecule has 0 spiro atoms. The van der Waals surface area contributed by atoms with Crippen LogP contribution in [0.25, 0.3) is 0 Å². The fraction of sp³-hybridized carbons (Fsp3) is 0.556. The molecule has 23 heavy (non-hydrogen) atoms. The van der Waals surface area contributed by atoms with Gasteiger partial charge in [-0.15, -0.1) is 0 Å². The number of alkyl halides is 12. The fourth-order valence-corrected chi connectivity index (χ4v) is 0.766. The van der Waals surface area contributed by atoms with Gasteiger partial charge in [-0.1, -0.05) is 0 Å². The van der Waals surface area contributed by atoms with E-state index in [1.165, 1.54) is 0 Å². The first kappa shape index (κ1) is 21.3. The van der Waals surface area contributed by atoms with E-state index in [4.69, 9.17) is 0 Å². The van der Waals surface area contributed by atoms with Crippen LogP contribution < -0.4 is 0 Å². The van der Waals surface area contributed by atoms with E-state index in [1.54, 1.807) is 0 Å². The minimum absolute atomic E-state index is 0.204. The van der Waals surface area contributed by atoms with Gasteiger partial charge in [0.1, 0.15) is 0 Å². The van der Waals surface area contributed by atoms with Gasteiger partial charge in [-0.05, 0) is 11.8 Å². The van der Waals surface area contributed by atoms with Crippen LogP contribution >= 0.6 is 0 Å². The molecule has 0 aromatic rings. The molecule has 0 saturated carbocycles. The van der Waals surface area contributed by atoms with Crippen LogP contribution in [0, 0.1) is 11.8 Å². The topological polar surface area (TPSA) is 0 Å². The highest BCUT2D eigenvalue weighted by atomic mass is 19.4. The Bertz CT molecular complexity index is 533. The Labute approximate surface area is 116 Å². The lowest BCUT2D eigenvalue weighted by Crippen LogP contribution is -2.60. The van der Waals surface area contributed by atoms with Crippen LogP contribution in [0.15, 0.2) is 11.7 Å². The molecule has 0 fully saturated rings. The zero-order valence-corrected chi connectivity index (χ0v) is 9.79. The van der Waals surface area contributed by atoms with Gasteiger partial charge in [0.05, 0.1) is 0 Å². The molecule has 14 heteroatoms. The second kappa shape index (κ2) is 5.75. The Hall–Kier alpha value is -1.68. The summed E-state index contributed by atoms with van der Waals surface area (Å²) in [6.07, 6.45) is -13.3. The van der Waals surface area contributed by atoms with Crippen molar-refractivity contribution in [1.29, 1.82) is 0 Å². The summed E-state index contributed by atoms with van der Waals surface area (Å²) in [5, 5.41) is 0. The molecular formula is C9F14. The van der Waals surface area contributed by atoms with Gasteiger partial charge in [0.25, 0.3) is 0 Å². The Morgan fingerprint density at radius 2 is 1.00 bits per heavy atom. The number of allylic oxidation sites excluding steroid dienone is 2. The standard InChI is InChI=1S/C9F14/c10-3(4(11)6(14,15)16)1-2-5(12,13)7(17,18)8(19,20)9(21,22)23/b4-3+. The van der Waals surface area contributed by atoms with Gasteiger partial charge in [0.2, 0.25) is 11.7 Å². The molecule has 0 saturated heterocycles. The van der Waals surface area contributed by atoms with Crippen molar-refractivity contribution in [1.82, 2.24) is 0 Å². The van der Waals surface area contributed by atoms with Gasteiger partial charge in [-0.25, -0.2) is 0 Å². The third-order valence-electron chi connectivity index (χ3n) is 1.92. The third kappa shape index (κ3) is 3.99. The average Bonchev–Trinajstić information content (AvgIpc) is 2.32. The van der Waals surface area contributed by atoms with Crippen LogP contribution in [0.1, 0.15) is 0 Å². The molecule has 0 N–H and O–H groups in total. The Kier molecular flexibility index (Phi) is 5.33. The quantitative estimate of drug-likeness (QED) is 0.462. The van der Waals surface area contributed by atoms with E-state index < -0.39 is 47.7 Å². The lowest BCUT2D eigenvalue weighted by molar-refractivity contribution is -0.386. The summed E-state index contributed by atoms with van der Waals surface area (Å²) >= 11 is 0. The van der Waals surface area contributed by atoms with Crippen molar-refractivity contribution in [2.75, 3.05) is 0 Å². The molecule has 0 aromatic heterocycles. The Morgan fingerprint density at radius 3 is 1.30 bits per heavy atom. The van der Waals surface area contributed by atoms with Crippen molar-refractivity contribution in [2.45, 2.75) is 30.1 Å². The summed E-state index contributed by atoms with van der Waals surface area (Å²) in [4.78, 5) is 0. The van der Waals surface area contributed by atoms with Crippen molar-refractivity contribution >= 4 is 0 Å². The summed E-state index contributed by atoms with van der Waals surface area (Å²) in [5.41, 5.74) is 0. The van der Waals surface area contributed by atoms with E-state index in [0.717, 1.165) is 0 Å². The molecule has 0 radical (unpaired) electrons. The number of halogens is 14. The zero-order chi connectivity index (χ0) is 19.1. The fourth-order valence-electron chi connectivity index (χ4n) is 0.766. The Balaban J connectivity index is 5.93. The van der Waals surface area contributed by atoms with Crippen molar-refractivity contribution < 1.29 is 61.5 Å². The van der Waals surface area contributed by atoms with Crippen molar-refractivity contribution in [2.24, 2.45) is 0 Å². The van der Waals surface area contributed by atoms with Crippen LogP contribution in [0.3, 0.4) is 0 Å². The first-order valence-corrected chi connectivity index (χ1v) is 4.65. The summed E-state index contributed by atoms with van der Waals surface area (Å²) < 4.78 is 169. The normalized spacial score (nSPS) is 15.7. The molecule has 0 aromatic carbocycles. The summed E-state index contributed by atoms with van der Waals surface area (Å²) in [7, 11) is 0. The molecule has 0 atom stereocenters. The van der Waals surface area contributed by atoms with Crippen LogP contribution in [0.4, 0.5) is 61.5 Å². The maximum atomic E-state index is 12.7. The highest BCUT2D eigenvalue weighted by Crippen LogP contribution is 2.52. The van der Waals surface area contributed by atoms with E-state index in [1.807, 2.05) is 0 Å². The highest BCUT2D eigenvalue weighted by Gasteiger charge is 2.81. The van der Waals surface area contributed by atoms with Gasteiger partial charge < -0.3 is 0 Å². The second-order valence-corrected chi connectivity index (χ2v) is 3.60. The third-order valence-corrected chi connectivity index (χ3v) is 1.92. The smallest absolute Gasteiger partial charge is 0.198 e. The van der Waals surface area contributed by atoms with E-state index in [-0.39, 0.29) is 5.92 Å². The molecule has 0 heterocycles. The minimum atomic E-state index is -7.36. The molecule has 0 aliphatic carbocycles. The van der Waals surface area contributed by atoms with Crippen molar-refractivity contribution in [3.8, 4) is 11.8 Å². The maximum absolute atomic E-state index is 12.7. The maximum Gasteiger partial charge on any atom is 0.460 e. The monoisotopic (exact) mass is 374 g/mol. The number of hydrogen-bond donors (Lipinski definition) is 0. The second-order valence-electron chi connectivity index (χ2n) is 3.60. The SMILES string of the molecule is F/C(C#CC(F)(F)C(F)(F)C(F)(F)C(F)(F)F)=C(/F)C(F)(F)F. The Morgan fingerprint density at radius 1 is 0.609 bits per heavy atom. The molecular weight excluding hydrogens is 374 g/mol. The van der Waals surface area contributed by atoms with E-state index in [0.29, 0.717) is 0 Å². The molecule has 0 nitrogen and oxygen atoms in total. The molecule has 0 aliphatic rings. The number of rotatable bonds is 2. The molecule has 0 unspecified atom stereocenters. The first-order chi connectivity index (χ1) is 9.79. The van der Waals surface area contributed by atoms with Crippen molar-refractivity contribution in [3.05, 3.63) is 11.7 Å². The molecule has 0 bridgehead atoms. The lowest BCUT2D eigenvalue weighted by Gasteiger charge is -2.30.